The molecule has 0 heterocycles. The van der Waals surface area contributed by atoms with Crippen LogP contribution in [0.4, 0.5) is 0 Å². The van der Waals surface area contributed by atoms with Gasteiger partial charge in [0.25, 0.3) is 0 Å². The van der Waals surface area contributed by atoms with Crippen LogP contribution in [0.5, 0.6) is 0 Å². The van der Waals surface area contributed by atoms with Gasteiger partial charge in [0.15, 0.2) is 0 Å². The normalized spacial score (nSPS) is 10.9. The molecule has 0 aliphatic heterocycles. The van der Waals surface area contributed by atoms with Crippen LogP contribution in [-0.4, -0.2) is 0 Å². The average Bonchev–Trinajstić information content (AvgIpc) is 2.59. The van der Waals surface area contributed by atoms with Crippen LogP contribution < -0.4 is 6.15 Å². The van der Waals surface area contributed by atoms with Gasteiger partial charge in [0, 0.05) is 0 Å². The Bertz CT molecular complexity index is 402. The van der Waals surface area contributed by atoms with Gasteiger partial charge >= 0.3 is 0 Å². The summed E-state index contributed by atoms with van der Waals surface area (Å²) in [6.07, 6.45) is 21.3. The predicted octanol–water partition coefficient (Wildman–Crippen LogP) is 9.32. The van der Waals surface area contributed by atoms with Gasteiger partial charge in [0.1, 0.15) is 0 Å². The van der Waals surface area contributed by atoms with Gasteiger partial charge in [0.2, 0.25) is 0 Å². The number of benzene rings is 1. The quantitative estimate of drug-likeness (QED) is 0.277. The van der Waals surface area contributed by atoms with Gasteiger partial charge < -0.3 is 6.15 Å². The standard InChI is InChI=1S/C25H44.ClH.H3N/c1-4-5-6-7-8-9-10-11-12-13-14-15-19-22-25(2,3)23-24-20-17-16-18-21-24;;/h16-18,20-21H,4-15,19,22-23H2,1-3H3;1H;1H3. The Hall–Kier alpha value is -0.530. The Balaban J connectivity index is 0. The predicted molar refractivity (Wildman–Crippen MR) is 127 cm³/mol. The van der Waals surface area contributed by atoms with E-state index >= 15 is 0 Å². The molecule has 0 aromatic heterocycles. The Labute approximate surface area is 177 Å². The highest BCUT2D eigenvalue weighted by atomic mass is 35.5. The maximum absolute atomic E-state index is 2.43. The topological polar surface area (TPSA) is 35.0 Å². The highest BCUT2D eigenvalue weighted by Crippen LogP contribution is 2.28. The number of hydrogen-bond acceptors (Lipinski definition) is 1. The minimum Gasteiger partial charge on any atom is -0.344 e. The summed E-state index contributed by atoms with van der Waals surface area (Å²) in [5, 5.41) is 0. The fourth-order valence-corrected chi connectivity index (χ4v) is 3.86. The molecule has 0 saturated carbocycles. The van der Waals surface area contributed by atoms with Crippen molar-refractivity contribution in [3.05, 3.63) is 35.9 Å². The van der Waals surface area contributed by atoms with E-state index in [1.54, 1.807) is 0 Å². The zero-order valence-electron chi connectivity index (χ0n) is 18.6. The molecule has 2 heteroatoms. The molecular formula is C25H48ClN. The molecule has 27 heavy (non-hydrogen) atoms. The molecule has 3 N–H and O–H groups in total. The Morgan fingerprint density at radius 2 is 1.04 bits per heavy atom. The molecule has 1 aromatic rings. The molecule has 160 valence electrons. The fraction of sp³-hybridized carbons (Fsp3) is 0.760. The SMILES string of the molecule is CCCCCCCCCCCCCCCC(C)(C)Cc1ccccc1.Cl.N. The molecule has 0 aliphatic rings. The maximum Gasteiger partial charge on any atom is -0.0227 e. The molecule has 0 atom stereocenters. The molecule has 0 amide bonds. The van der Waals surface area contributed by atoms with Crippen molar-refractivity contribution in [3.8, 4) is 0 Å². The average molecular weight is 398 g/mol. The van der Waals surface area contributed by atoms with Crippen LogP contribution in [0.3, 0.4) is 0 Å². The zero-order chi connectivity index (χ0) is 18.2. The van der Waals surface area contributed by atoms with Gasteiger partial charge in [-0.05, 0) is 23.8 Å². The molecule has 1 aromatic carbocycles. The summed E-state index contributed by atoms with van der Waals surface area (Å²) in [7, 11) is 0. The lowest BCUT2D eigenvalue weighted by Crippen LogP contribution is -2.14. The Kier molecular flexibility index (Phi) is 20.0. The first-order valence-corrected chi connectivity index (χ1v) is 11.2. The minimum absolute atomic E-state index is 0. The van der Waals surface area contributed by atoms with Gasteiger partial charge in [-0.1, -0.05) is 135 Å². The molecule has 0 spiro atoms. The second kappa shape index (κ2) is 18.8. The minimum atomic E-state index is 0. The van der Waals surface area contributed by atoms with E-state index < -0.39 is 0 Å². The molecule has 0 bridgehead atoms. The Morgan fingerprint density at radius 3 is 1.48 bits per heavy atom. The van der Waals surface area contributed by atoms with E-state index in [0.717, 1.165) is 0 Å². The summed E-state index contributed by atoms with van der Waals surface area (Å²) in [6, 6.07) is 11.0. The third kappa shape index (κ3) is 17.3. The van der Waals surface area contributed by atoms with E-state index in [0.29, 0.717) is 5.41 Å². The van der Waals surface area contributed by atoms with Crippen LogP contribution in [0, 0.1) is 5.41 Å². The van der Waals surface area contributed by atoms with Crippen LogP contribution >= 0.6 is 12.4 Å². The largest absolute Gasteiger partial charge is 0.344 e. The Morgan fingerprint density at radius 1 is 0.630 bits per heavy atom. The first-order chi connectivity index (χ1) is 12.1. The van der Waals surface area contributed by atoms with Crippen molar-refractivity contribution in [1.82, 2.24) is 6.15 Å². The van der Waals surface area contributed by atoms with Crippen molar-refractivity contribution in [2.45, 2.75) is 117 Å². The molecule has 1 rings (SSSR count). The van der Waals surface area contributed by atoms with Crippen LogP contribution in [-0.2, 0) is 6.42 Å². The summed E-state index contributed by atoms with van der Waals surface area (Å²) in [5.41, 5.74) is 1.93. The highest BCUT2D eigenvalue weighted by Gasteiger charge is 2.17. The van der Waals surface area contributed by atoms with Gasteiger partial charge in [-0.25, -0.2) is 0 Å². The van der Waals surface area contributed by atoms with Crippen molar-refractivity contribution in [1.29, 1.82) is 0 Å². The molecular weight excluding hydrogens is 350 g/mol. The summed E-state index contributed by atoms with van der Waals surface area (Å²) < 4.78 is 0. The molecule has 0 unspecified atom stereocenters. The van der Waals surface area contributed by atoms with E-state index in [1.165, 1.54) is 102 Å². The smallest absolute Gasteiger partial charge is 0.0227 e. The lowest BCUT2D eigenvalue weighted by atomic mass is 9.81. The van der Waals surface area contributed by atoms with Crippen molar-refractivity contribution >= 4 is 12.4 Å². The third-order valence-electron chi connectivity index (χ3n) is 5.48. The lowest BCUT2D eigenvalue weighted by molar-refractivity contribution is 0.316. The van der Waals surface area contributed by atoms with Crippen LogP contribution in [0.2, 0.25) is 0 Å². The molecule has 0 saturated heterocycles. The van der Waals surface area contributed by atoms with Gasteiger partial charge in [0.05, 0.1) is 0 Å². The monoisotopic (exact) mass is 397 g/mol. The van der Waals surface area contributed by atoms with Crippen molar-refractivity contribution in [3.63, 3.8) is 0 Å². The van der Waals surface area contributed by atoms with Gasteiger partial charge in [-0.3, -0.25) is 0 Å². The first kappa shape index (κ1) is 28.7. The lowest BCUT2D eigenvalue weighted by Gasteiger charge is -2.24. The fourth-order valence-electron chi connectivity index (χ4n) is 3.86. The second-order valence-corrected chi connectivity index (χ2v) is 8.82. The van der Waals surface area contributed by atoms with E-state index in [-0.39, 0.29) is 18.6 Å². The maximum atomic E-state index is 2.43. The van der Waals surface area contributed by atoms with Crippen molar-refractivity contribution < 1.29 is 0 Å². The number of hydrogen-bond donors (Lipinski definition) is 1. The van der Waals surface area contributed by atoms with E-state index in [9.17, 15) is 0 Å². The summed E-state index contributed by atoms with van der Waals surface area (Å²) in [5.74, 6) is 0. The number of halogens is 1. The summed E-state index contributed by atoms with van der Waals surface area (Å²) in [6.45, 7) is 7.16. The summed E-state index contributed by atoms with van der Waals surface area (Å²) >= 11 is 0. The molecule has 0 fully saturated rings. The summed E-state index contributed by atoms with van der Waals surface area (Å²) in [4.78, 5) is 0. The molecule has 0 radical (unpaired) electrons. The highest BCUT2D eigenvalue weighted by molar-refractivity contribution is 5.85. The molecule has 1 nitrogen and oxygen atoms in total. The van der Waals surface area contributed by atoms with E-state index in [1.807, 2.05) is 0 Å². The zero-order valence-corrected chi connectivity index (χ0v) is 19.4. The number of rotatable bonds is 16. The third-order valence-corrected chi connectivity index (χ3v) is 5.48. The van der Waals surface area contributed by atoms with E-state index in [4.69, 9.17) is 0 Å². The van der Waals surface area contributed by atoms with Crippen LogP contribution in [0.15, 0.2) is 30.3 Å². The molecule has 0 aliphatic carbocycles. The van der Waals surface area contributed by atoms with Gasteiger partial charge in [-0.15, -0.1) is 12.4 Å². The van der Waals surface area contributed by atoms with Crippen molar-refractivity contribution in [2.75, 3.05) is 0 Å². The van der Waals surface area contributed by atoms with Crippen LogP contribution in [0.25, 0.3) is 0 Å². The second-order valence-electron chi connectivity index (χ2n) is 8.82. The van der Waals surface area contributed by atoms with Gasteiger partial charge in [-0.2, -0.15) is 0 Å². The first-order valence-electron chi connectivity index (χ1n) is 11.2. The van der Waals surface area contributed by atoms with Crippen LogP contribution in [0.1, 0.15) is 116 Å². The van der Waals surface area contributed by atoms with E-state index in [2.05, 4.69) is 51.1 Å². The number of unbranched alkanes of at least 4 members (excludes halogenated alkanes) is 12. The van der Waals surface area contributed by atoms with Crippen molar-refractivity contribution in [2.24, 2.45) is 5.41 Å².